The van der Waals surface area contributed by atoms with Crippen molar-refractivity contribution in [1.82, 2.24) is 0 Å². The lowest BCUT2D eigenvalue weighted by Crippen LogP contribution is -2.07. The number of allylic oxidation sites excluding steroid dienone is 2. The molecule has 0 heterocycles. The van der Waals surface area contributed by atoms with Crippen LogP contribution in [0.3, 0.4) is 0 Å². The van der Waals surface area contributed by atoms with E-state index < -0.39 is 0 Å². The molecule has 0 radical (unpaired) electrons. The van der Waals surface area contributed by atoms with Gasteiger partial charge in [-0.1, -0.05) is 89.0 Å². The molecule has 3 rings (SSSR count). The molecule has 0 aliphatic heterocycles. The summed E-state index contributed by atoms with van der Waals surface area (Å²) in [4.78, 5) is 5.61. The molecule has 1 saturated carbocycles. The average Bonchev–Trinajstić information content (AvgIpc) is 2.65. The van der Waals surface area contributed by atoms with E-state index in [9.17, 15) is 0 Å². The average molecular weight is 356 g/mol. The van der Waals surface area contributed by atoms with Crippen LogP contribution in [0.25, 0.3) is 33.0 Å². The van der Waals surface area contributed by atoms with Gasteiger partial charge >= 0.3 is 0 Å². The Morgan fingerprint density at radius 1 is 0.778 bits per heavy atom. The van der Waals surface area contributed by atoms with Crippen LogP contribution in [-0.2, 0) is 0 Å². The first kappa shape index (κ1) is 18.3. The first-order chi connectivity index (χ1) is 13.2. The molecule has 6 nitrogen and oxygen atoms in total. The van der Waals surface area contributed by atoms with E-state index in [0.29, 0.717) is 17.3 Å². The van der Waals surface area contributed by atoms with Crippen molar-refractivity contribution in [2.45, 2.75) is 26.2 Å². The van der Waals surface area contributed by atoms with Crippen molar-refractivity contribution in [3.8, 4) is 0 Å². The van der Waals surface area contributed by atoms with Crippen molar-refractivity contribution in [2.75, 3.05) is 0 Å². The number of nitrogens with zero attached hydrogens (tertiary/aromatic N) is 6. The minimum atomic E-state index is 0.598. The smallest absolute Gasteiger partial charge is 0.0375 e. The third-order valence-electron chi connectivity index (χ3n) is 4.52. The van der Waals surface area contributed by atoms with Gasteiger partial charge in [-0.2, -0.15) is 0 Å². The largest absolute Gasteiger partial charge is 0.0653 e. The van der Waals surface area contributed by atoms with Gasteiger partial charge in [-0.25, -0.2) is 0 Å². The molecule has 0 bridgehead atoms. The Labute approximate surface area is 158 Å². The van der Waals surface area contributed by atoms with E-state index in [-0.39, 0.29) is 0 Å². The monoisotopic (exact) mass is 356 g/mol. The highest BCUT2D eigenvalue weighted by molar-refractivity contribution is 5.60. The lowest BCUT2D eigenvalue weighted by molar-refractivity contribution is 0.528. The number of azide groups is 2. The van der Waals surface area contributed by atoms with E-state index in [0.717, 1.165) is 30.4 Å². The quantitative estimate of drug-likeness (QED) is 0.302. The molecule has 1 aliphatic rings. The zero-order valence-corrected chi connectivity index (χ0v) is 15.2. The van der Waals surface area contributed by atoms with E-state index in [1.807, 2.05) is 48.5 Å². The summed E-state index contributed by atoms with van der Waals surface area (Å²) in [6.07, 6.45) is 7.60. The van der Waals surface area contributed by atoms with Crippen LogP contribution < -0.4 is 0 Å². The molecule has 1 fully saturated rings. The highest BCUT2D eigenvalue weighted by atomic mass is 15.1. The van der Waals surface area contributed by atoms with Crippen molar-refractivity contribution in [2.24, 2.45) is 16.1 Å². The summed E-state index contributed by atoms with van der Waals surface area (Å²) in [5.74, 6) is 0.598. The molecule has 0 atom stereocenters. The van der Waals surface area contributed by atoms with Gasteiger partial charge in [0.05, 0.1) is 0 Å². The Balaban J connectivity index is 1.78. The molecule has 0 N–H and O–H groups in total. The van der Waals surface area contributed by atoms with Crippen LogP contribution in [0.1, 0.15) is 37.3 Å². The number of hydrogen-bond donors (Lipinski definition) is 0. The molecule has 0 aromatic heterocycles. The summed E-state index contributed by atoms with van der Waals surface area (Å²) in [5.41, 5.74) is 23.3. The maximum absolute atomic E-state index is 8.49. The lowest BCUT2D eigenvalue weighted by atomic mass is 9.82. The molecule has 0 amide bonds. The zero-order chi connectivity index (χ0) is 19.1. The summed E-state index contributed by atoms with van der Waals surface area (Å²) in [6.45, 7) is 2.27. The second-order valence-electron chi connectivity index (χ2n) is 6.86. The maximum atomic E-state index is 8.49. The minimum Gasteiger partial charge on any atom is -0.0653 e. The van der Waals surface area contributed by atoms with Gasteiger partial charge in [-0.05, 0) is 47.4 Å². The Morgan fingerprint density at radius 2 is 1.19 bits per heavy atom. The molecule has 0 saturated heterocycles. The number of benzene rings is 2. The standard InChI is InChI=1S/C21H20N6/c1-15-10-18(12-16-2-6-20(7-3-16)24-26-22)14-19(11-15)13-17-4-8-21(9-5-17)25-27-23/h2-9,12-13,15H,10-11,14H2,1H3. The van der Waals surface area contributed by atoms with Gasteiger partial charge in [0, 0.05) is 21.2 Å². The predicted molar refractivity (Wildman–Crippen MR) is 109 cm³/mol. The Kier molecular flexibility index (Phi) is 5.95. The van der Waals surface area contributed by atoms with Crippen molar-refractivity contribution in [3.63, 3.8) is 0 Å². The second kappa shape index (κ2) is 8.77. The molecule has 0 spiro atoms. The van der Waals surface area contributed by atoms with Gasteiger partial charge in [0.1, 0.15) is 0 Å². The fourth-order valence-corrected chi connectivity index (χ4v) is 3.47. The van der Waals surface area contributed by atoms with Crippen LogP contribution in [0.4, 0.5) is 11.4 Å². The van der Waals surface area contributed by atoms with Gasteiger partial charge in [0.25, 0.3) is 0 Å². The van der Waals surface area contributed by atoms with Gasteiger partial charge in [0.2, 0.25) is 0 Å². The summed E-state index contributed by atoms with van der Waals surface area (Å²) in [7, 11) is 0. The van der Waals surface area contributed by atoms with Crippen molar-refractivity contribution in [1.29, 1.82) is 0 Å². The Morgan fingerprint density at radius 3 is 1.56 bits per heavy atom. The fourth-order valence-electron chi connectivity index (χ4n) is 3.47. The van der Waals surface area contributed by atoms with E-state index in [4.69, 9.17) is 11.1 Å². The summed E-state index contributed by atoms with van der Waals surface area (Å²) in [5, 5.41) is 7.22. The minimum absolute atomic E-state index is 0.598. The normalized spacial score (nSPS) is 19.4. The van der Waals surface area contributed by atoms with E-state index in [1.165, 1.54) is 11.1 Å². The van der Waals surface area contributed by atoms with Gasteiger partial charge in [-0.3, -0.25) is 0 Å². The van der Waals surface area contributed by atoms with Gasteiger partial charge in [0.15, 0.2) is 0 Å². The first-order valence-electron chi connectivity index (χ1n) is 8.85. The van der Waals surface area contributed by atoms with Crippen molar-refractivity contribution in [3.05, 3.63) is 91.7 Å². The zero-order valence-electron chi connectivity index (χ0n) is 15.2. The maximum Gasteiger partial charge on any atom is 0.0375 e. The fraction of sp³-hybridized carbons (Fsp3) is 0.238. The third kappa shape index (κ3) is 5.25. The molecule has 27 heavy (non-hydrogen) atoms. The Hall–Kier alpha value is -3.46. The third-order valence-corrected chi connectivity index (χ3v) is 4.52. The van der Waals surface area contributed by atoms with E-state index in [2.05, 4.69) is 39.1 Å². The van der Waals surface area contributed by atoms with Crippen LogP contribution in [-0.4, -0.2) is 0 Å². The van der Waals surface area contributed by atoms with E-state index in [1.54, 1.807) is 0 Å². The first-order valence-corrected chi connectivity index (χ1v) is 8.85. The SMILES string of the molecule is CC1CC(=Cc2ccc(N=[N+]=[N-])cc2)CC(=Cc2ccc(N=[N+]=[N-])cc2)C1. The van der Waals surface area contributed by atoms with Crippen molar-refractivity contribution < 1.29 is 0 Å². The van der Waals surface area contributed by atoms with Crippen LogP contribution in [0.5, 0.6) is 0 Å². The van der Waals surface area contributed by atoms with Crippen LogP contribution >= 0.6 is 0 Å². The summed E-state index contributed by atoms with van der Waals surface area (Å²) in [6, 6.07) is 15.3. The van der Waals surface area contributed by atoms with Gasteiger partial charge in [-0.15, -0.1) is 0 Å². The molecule has 6 heteroatoms. The van der Waals surface area contributed by atoms with Gasteiger partial charge < -0.3 is 0 Å². The molecule has 2 aromatic rings. The van der Waals surface area contributed by atoms with Crippen molar-refractivity contribution >= 4 is 23.5 Å². The molecular weight excluding hydrogens is 336 g/mol. The highest BCUT2D eigenvalue weighted by Gasteiger charge is 2.17. The van der Waals surface area contributed by atoms with Crippen LogP contribution in [0, 0.1) is 5.92 Å². The summed E-state index contributed by atoms with van der Waals surface area (Å²) >= 11 is 0. The second-order valence-corrected chi connectivity index (χ2v) is 6.86. The topological polar surface area (TPSA) is 97.5 Å². The number of hydrogen-bond acceptors (Lipinski definition) is 2. The number of rotatable bonds is 4. The molecule has 134 valence electrons. The molecule has 1 aliphatic carbocycles. The predicted octanol–water partition coefficient (Wildman–Crippen LogP) is 7.86. The molecular formula is C21H20N6. The van der Waals surface area contributed by atoms with Crippen LogP contribution in [0.15, 0.2) is 69.9 Å². The lowest BCUT2D eigenvalue weighted by Gasteiger charge is -2.24. The molecule has 0 unspecified atom stereocenters. The summed E-state index contributed by atoms with van der Waals surface area (Å²) < 4.78 is 0. The van der Waals surface area contributed by atoms with Crippen LogP contribution in [0.2, 0.25) is 0 Å². The highest BCUT2D eigenvalue weighted by Crippen LogP contribution is 2.34. The Bertz CT molecular complexity index is 877. The van der Waals surface area contributed by atoms with E-state index >= 15 is 0 Å². The molecule has 2 aromatic carbocycles.